The number of nitrogens with one attached hydrogen (secondary N) is 3. The third-order valence-corrected chi connectivity index (χ3v) is 10.6. The molecule has 0 spiro atoms. The van der Waals surface area contributed by atoms with Gasteiger partial charge in [-0.2, -0.15) is 11.8 Å². The highest BCUT2D eigenvalue weighted by molar-refractivity contribution is 8.00. The van der Waals surface area contributed by atoms with E-state index in [9.17, 15) is 24.6 Å². The zero-order chi connectivity index (χ0) is 34.7. The first-order chi connectivity index (χ1) is 22.1. The van der Waals surface area contributed by atoms with Crippen molar-refractivity contribution in [3.8, 4) is 0 Å². The minimum absolute atomic E-state index is 0.00259. The number of hydrogen-bond acceptors (Lipinski definition) is 5. The fourth-order valence-electron chi connectivity index (χ4n) is 6.79. The maximum absolute atomic E-state index is 12.8. The van der Waals surface area contributed by atoms with Gasteiger partial charge < -0.3 is 25.5 Å². The monoisotopic (exact) mass is 660 g/mol. The van der Waals surface area contributed by atoms with Gasteiger partial charge in [0, 0.05) is 57.7 Å². The number of aliphatic imine (C=N–C) groups is 1. The number of carbonyl (C=O) groups excluding carboxylic acids is 1. The Labute approximate surface area is 281 Å². The summed E-state index contributed by atoms with van der Waals surface area (Å²) in [4.78, 5) is 48.0. The second-order valence-corrected chi connectivity index (χ2v) is 14.8. The van der Waals surface area contributed by atoms with Crippen LogP contribution in [0.15, 0.2) is 27.5 Å². The molecule has 1 saturated heterocycles. The van der Waals surface area contributed by atoms with Crippen LogP contribution in [0.25, 0.3) is 24.8 Å². The molecule has 1 amide bonds. The summed E-state index contributed by atoms with van der Waals surface area (Å²) < 4.78 is 0. The van der Waals surface area contributed by atoms with E-state index in [1.165, 1.54) is 0 Å². The molecule has 0 aromatic carbocycles. The number of allylic oxidation sites excluding steroid dienone is 3. The van der Waals surface area contributed by atoms with E-state index < -0.39 is 11.9 Å². The van der Waals surface area contributed by atoms with Gasteiger partial charge in [-0.1, -0.05) is 41.2 Å². The lowest BCUT2D eigenvalue weighted by Gasteiger charge is -2.24. The standard InChI is InChI=1S/C37H48N4O5S/c1-10-25-19(4)28(38-23(25)8)15-29-20(5)26(11-13-34(42)43)31(39-29)17-32-27(12-14-35(44)45)21(6)30(40-32)16-33-36(22(7)37(46)41-33)24(9)47-18(2)3/h15-18,22,24,36,38,40H,8,10-14H2,1-7,9H3,(H,41,46)(H,42,43)(H,44,45)/b28-15+,31-17+,33-16+/t22-,24?,36+/m1/s1. The molecule has 2 aliphatic heterocycles. The van der Waals surface area contributed by atoms with Crippen molar-refractivity contribution in [2.45, 2.75) is 98.0 Å². The zero-order valence-corrected chi connectivity index (χ0v) is 29.6. The number of thioether (sulfide) groups is 1. The van der Waals surface area contributed by atoms with E-state index in [-0.39, 0.29) is 35.8 Å². The van der Waals surface area contributed by atoms with E-state index in [0.717, 1.165) is 73.3 Å². The van der Waals surface area contributed by atoms with Crippen molar-refractivity contribution in [3.05, 3.63) is 66.9 Å². The highest BCUT2D eigenvalue weighted by Crippen LogP contribution is 2.39. The summed E-state index contributed by atoms with van der Waals surface area (Å²) in [6, 6.07) is 0. The molecule has 3 atom stereocenters. The fraction of sp³-hybridized carbons (Fsp3) is 0.459. The molecule has 9 nitrogen and oxygen atoms in total. The molecule has 2 aromatic heterocycles. The molecule has 4 rings (SSSR count). The molecule has 252 valence electrons. The Bertz CT molecular complexity index is 1820. The number of nitrogens with zero attached hydrogens (tertiary/aromatic N) is 1. The summed E-state index contributed by atoms with van der Waals surface area (Å²) >= 11 is 1.84. The SMILES string of the molecule is C=c1[nH]/c(=C/C2=NC(=C/c3[nH]c(/C=C4/NC(=O)[C@H](C)[C@H]4C(C)SC(C)C)c(C)c3CCC(=O)O)/C(CCC(=O)O)=C2C)c(C)c1CC. The second kappa shape index (κ2) is 14.8. The van der Waals surface area contributed by atoms with E-state index in [1.54, 1.807) is 0 Å². The van der Waals surface area contributed by atoms with Crippen LogP contribution in [0.5, 0.6) is 0 Å². The van der Waals surface area contributed by atoms with Crippen LogP contribution >= 0.6 is 11.8 Å². The lowest BCUT2D eigenvalue weighted by atomic mass is 9.91. The first-order valence-electron chi connectivity index (χ1n) is 16.3. The molecular formula is C37H48N4O5S. The molecule has 0 radical (unpaired) electrons. The van der Waals surface area contributed by atoms with Crippen LogP contribution in [0.4, 0.5) is 0 Å². The number of carboxylic acids is 2. The van der Waals surface area contributed by atoms with Crippen LogP contribution in [0, 0.1) is 25.7 Å². The largest absolute Gasteiger partial charge is 0.481 e. The Balaban J connectivity index is 1.86. The number of aliphatic carboxylic acids is 2. The number of aromatic amines is 2. The number of amides is 1. The smallest absolute Gasteiger partial charge is 0.303 e. The van der Waals surface area contributed by atoms with Gasteiger partial charge in [0.15, 0.2) is 0 Å². The van der Waals surface area contributed by atoms with Gasteiger partial charge in [-0.05, 0) is 96.9 Å². The van der Waals surface area contributed by atoms with Crippen LogP contribution in [0.1, 0.15) is 94.4 Å². The topological polar surface area (TPSA) is 148 Å². The van der Waals surface area contributed by atoms with Gasteiger partial charge in [-0.15, -0.1) is 0 Å². The van der Waals surface area contributed by atoms with Gasteiger partial charge in [0.05, 0.1) is 11.4 Å². The molecule has 0 aliphatic carbocycles. The number of carboxylic acid groups (broad SMARTS) is 2. The quantitative estimate of drug-likeness (QED) is 0.187. The second-order valence-electron chi connectivity index (χ2n) is 12.9. The summed E-state index contributed by atoms with van der Waals surface area (Å²) in [5.41, 5.74) is 9.51. The van der Waals surface area contributed by atoms with E-state index in [1.807, 2.05) is 50.8 Å². The molecule has 1 unspecified atom stereocenters. The van der Waals surface area contributed by atoms with Crippen LogP contribution in [0.2, 0.25) is 0 Å². The molecule has 4 heterocycles. The highest BCUT2D eigenvalue weighted by atomic mass is 32.2. The normalized spacial score (nSPS) is 21.0. The average molecular weight is 661 g/mol. The third kappa shape index (κ3) is 7.92. The predicted molar refractivity (Wildman–Crippen MR) is 192 cm³/mol. The molecule has 0 saturated carbocycles. The Hall–Kier alpha value is -4.05. The van der Waals surface area contributed by atoms with Crippen molar-refractivity contribution >= 4 is 60.1 Å². The van der Waals surface area contributed by atoms with Crippen molar-refractivity contribution in [3.63, 3.8) is 0 Å². The summed E-state index contributed by atoms with van der Waals surface area (Å²) in [6.07, 6.45) is 7.25. The number of hydrogen-bond donors (Lipinski definition) is 5. The number of rotatable bonds is 13. The summed E-state index contributed by atoms with van der Waals surface area (Å²) in [5.74, 6) is -1.95. The van der Waals surface area contributed by atoms with Crippen LogP contribution in [0.3, 0.4) is 0 Å². The van der Waals surface area contributed by atoms with Gasteiger partial charge in [-0.25, -0.2) is 4.99 Å². The van der Waals surface area contributed by atoms with Gasteiger partial charge in [0.25, 0.3) is 0 Å². The minimum atomic E-state index is -0.896. The van der Waals surface area contributed by atoms with Gasteiger partial charge in [0.2, 0.25) is 5.91 Å². The molecule has 5 N–H and O–H groups in total. The molecule has 2 aromatic rings. The Morgan fingerprint density at radius 3 is 2.21 bits per heavy atom. The molecule has 0 bridgehead atoms. The van der Waals surface area contributed by atoms with E-state index in [2.05, 4.69) is 56.5 Å². The van der Waals surface area contributed by atoms with E-state index in [0.29, 0.717) is 23.8 Å². The summed E-state index contributed by atoms with van der Waals surface area (Å²) in [6.45, 7) is 20.6. The van der Waals surface area contributed by atoms with Crippen LogP contribution in [-0.4, -0.2) is 54.2 Å². The molecule has 1 fully saturated rings. The molecule has 2 aliphatic rings. The van der Waals surface area contributed by atoms with E-state index >= 15 is 0 Å². The fourth-order valence-corrected chi connectivity index (χ4v) is 8.20. The maximum atomic E-state index is 12.8. The van der Waals surface area contributed by atoms with Gasteiger partial charge >= 0.3 is 11.9 Å². The molecular weight excluding hydrogens is 612 g/mol. The average Bonchev–Trinajstić information content (AvgIpc) is 3.63. The Morgan fingerprint density at radius 2 is 1.62 bits per heavy atom. The molecule has 47 heavy (non-hydrogen) atoms. The number of H-pyrrole nitrogens is 2. The number of carbonyl (C=O) groups is 3. The van der Waals surface area contributed by atoms with Crippen molar-refractivity contribution in [2.24, 2.45) is 16.8 Å². The Kier molecular flexibility index (Phi) is 11.3. The van der Waals surface area contributed by atoms with Crippen LogP contribution in [-0.2, 0) is 27.2 Å². The first kappa shape index (κ1) is 35.8. The summed E-state index contributed by atoms with van der Waals surface area (Å²) in [5, 5.41) is 24.6. The minimum Gasteiger partial charge on any atom is -0.481 e. The highest BCUT2D eigenvalue weighted by Gasteiger charge is 2.39. The predicted octanol–water partition coefficient (Wildman–Crippen LogP) is 5.66. The maximum Gasteiger partial charge on any atom is 0.303 e. The first-order valence-corrected chi connectivity index (χ1v) is 17.3. The van der Waals surface area contributed by atoms with Crippen molar-refractivity contribution in [2.75, 3.05) is 0 Å². The van der Waals surface area contributed by atoms with Crippen molar-refractivity contribution in [1.82, 2.24) is 15.3 Å². The Morgan fingerprint density at radius 1 is 0.957 bits per heavy atom. The van der Waals surface area contributed by atoms with Crippen LogP contribution < -0.4 is 16.0 Å². The summed E-state index contributed by atoms with van der Waals surface area (Å²) in [7, 11) is 0. The zero-order valence-electron chi connectivity index (χ0n) is 28.8. The lowest BCUT2D eigenvalue weighted by Crippen LogP contribution is -2.22. The lowest BCUT2D eigenvalue weighted by molar-refractivity contribution is -0.138. The van der Waals surface area contributed by atoms with Gasteiger partial charge in [0.1, 0.15) is 0 Å². The van der Waals surface area contributed by atoms with Crippen molar-refractivity contribution < 1.29 is 24.6 Å². The number of aromatic nitrogens is 2. The van der Waals surface area contributed by atoms with Crippen molar-refractivity contribution in [1.29, 1.82) is 0 Å². The van der Waals surface area contributed by atoms with Gasteiger partial charge in [-0.3, -0.25) is 14.4 Å². The third-order valence-electron chi connectivity index (χ3n) is 9.31. The molecule has 10 heteroatoms. The van der Waals surface area contributed by atoms with E-state index in [4.69, 9.17) is 4.99 Å².